The predicted molar refractivity (Wildman–Crippen MR) is 74.2 cm³/mol. The number of likely N-dealkylation sites (tertiary alicyclic amines) is 1. The molecule has 1 saturated carbocycles. The van der Waals surface area contributed by atoms with Crippen LogP contribution in [0.3, 0.4) is 0 Å². The van der Waals surface area contributed by atoms with Gasteiger partial charge in [-0.05, 0) is 57.5 Å². The highest BCUT2D eigenvalue weighted by molar-refractivity contribution is 4.87. The highest BCUT2D eigenvalue weighted by Gasteiger charge is 2.29. The quantitative estimate of drug-likeness (QED) is 0.813. The second kappa shape index (κ2) is 5.71. The minimum atomic E-state index is 0.742. The summed E-state index contributed by atoms with van der Waals surface area (Å²) >= 11 is 0. The Bertz CT molecular complexity index is 241. The Morgan fingerprint density at radius 2 is 1.88 bits per heavy atom. The third kappa shape index (κ3) is 3.45. The van der Waals surface area contributed by atoms with Gasteiger partial charge >= 0.3 is 0 Å². The van der Waals surface area contributed by atoms with Gasteiger partial charge in [-0.3, -0.25) is 0 Å². The zero-order valence-corrected chi connectivity index (χ0v) is 12.1. The number of hydrogen-bond donors (Lipinski definition) is 1. The summed E-state index contributed by atoms with van der Waals surface area (Å²) in [5.41, 5.74) is 0. The Kier molecular flexibility index (Phi) is 4.48. The lowest BCUT2D eigenvalue weighted by molar-refractivity contribution is 0.119. The van der Waals surface area contributed by atoms with Crippen LogP contribution in [-0.4, -0.2) is 37.1 Å². The van der Waals surface area contributed by atoms with E-state index in [4.69, 9.17) is 0 Å². The summed E-state index contributed by atoms with van der Waals surface area (Å²) in [7, 11) is 2.26. The van der Waals surface area contributed by atoms with E-state index in [1.54, 1.807) is 0 Å². The van der Waals surface area contributed by atoms with Crippen LogP contribution in [0.5, 0.6) is 0 Å². The van der Waals surface area contributed by atoms with Gasteiger partial charge in [0.25, 0.3) is 0 Å². The molecule has 0 radical (unpaired) electrons. The van der Waals surface area contributed by atoms with Crippen molar-refractivity contribution in [2.45, 2.75) is 58.5 Å². The molecule has 2 aliphatic rings. The fourth-order valence-electron chi connectivity index (χ4n) is 3.65. The smallest absolute Gasteiger partial charge is 0.0120 e. The van der Waals surface area contributed by atoms with Gasteiger partial charge in [0, 0.05) is 18.6 Å². The average Bonchev–Trinajstić information content (AvgIpc) is 2.68. The molecule has 1 aliphatic carbocycles. The second-order valence-electron chi connectivity index (χ2n) is 6.80. The van der Waals surface area contributed by atoms with Crippen LogP contribution in [0.15, 0.2) is 0 Å². The summed E-state index contributed by atoms with van der Waals surface area (Å²) < 4.78 is 0. The molecule has 5 unspecified atom stereocenters. The van der Waals surface area contributed by atoms with E-state index in [1.807, 2.05) is 0 Å². The Labute approximate surface area is 107 Å². The average molecular weight is 238 g/mol. The maximum atomic E-state index is 3.86. The molecule has 0 amide bonds. The first kappa shape index (κ1) is 13.4. The van der Waals surface area contributed by atoms with Crippen LogP contribution in [0.25, 0.3) is 0 Å². The fraction of sp³-hybridized carbons (Fsp3) is 1.00. The molecule has 5 atom stereocenters. The van der Waals surface area contributed by atoms with Crippen molar-refractivity contribution in [1.82, 2.24) is 10.2 Å². The molecule has 0 aromatic rings. The molecule has 2 fully saturated rings. The molecule has 0 aromatic carbocycles. The first-order valence-corrected chi connectivity index (χ1v) is 7.50. The first-order valence-electron chi connectivity index (χ1n) is 7.50. The van der Waals surface area contributed by atoms with Crippen LogP contribution in [0.4, 0.5) is 0 Å². The zero-order chi connectivity index (χ0) is 12.4. The molecular formula is C15H30N2. The van der Waals surface area contributed by atoms with Gasteiger partial charge in [-0.2, -0.15) is 0 Å². The first-order chi connectivity index (χ1) is 8.06. The van der Waals surface area contributed by atoms with Crippen LogP contribution in [0.2, 0.25) is 0 Å². The molecule has 1 heterocycles. The van der Waals surface area contributed by atoms with Gasteiger partial charge in [0.15, 0.2) is 0 Å². The largest absolute Gasteiger partial charge is 0.313 e. The van der Waals surface area contributed by atoms with E-state index in [2.05, 4.69) is 38.0 Å². The summed E-state index contributed by atoms with van der Waals surface area (Å²) in [6.45, 7) is 9.67. The van der Waals surface area contributed by atoms with Gasteiger partial charge in [-0.25, -0.2) is 0 Å². The van der Waals surface area contributed by atoms with Gasteiger partial charge in [0.05, 0.1) is 0 Å². The number of rotatable bonds is 3. The molecule has 1 aliphatic heterocycles. The summed E-state index contributed by atoms with van der Waals surface area (Å²) in [6, 6.07) is 1.49. The third-order valence-electron chi connectivity index (χ3n) is 5.08. The van der Waals surface area contributed by atoms with E-state index >= 15 is 0 Å². The van der Waals surface area contributed by atoms with Crippen molar-refractivity contribution < 1.29 is 0 Å². The van der Waals surface area contributed by atoms with Gasteiger partial charge < -0.3 is 10.2 Å². The Hall–Kier alpha value is -0.0800. The number of nitrogens with zero attached hydrogens (tertiary/aromatic N) is 1. The minimum absolute atomic E-state index is 0.742. The van der Waals surface area contributed by atoms with Crippen molar-refractivity contribution in [1.29, 1.82) is 0 Å². The Balaban J connectivity index is 1.75. The second-order valence-corrected chi connectivity index (χ2v) is 6.80. The number of nitrogens with one attached hydrogen (secondary N) is 1. The maximum Gasteiger partial charge on any atom is 0.0120 e. The summed E-state index contributed by atoms with van der Waals surface area (Å²) in [6.07, 6.45) is 5.67. The molecule has 1 N–H and O–H groups in total. The van der Waals surface area contributed by atoms with Gasteiger partial charge in [-0.1, -0.05) is 20.3 Å². The highest BCUT2D eigenvalue weighted by atomic mass is 15.2. The van der Waals surface area contributed by atoms with Crippen molar-refractivity contribution in [2.75, 3.05) is 20.1 Å². The number of piperidine rings is 1. The molecule has 0 aromatic heterocycles. The van der Waals surface area contributed by atoms with Crippen molar-refractivity contribution in [3.8, 4) is 0 Å². The Morgan fingerprint density at radius 3 is 2.53 bits per heavy atom. The Morgan fingerprint density at radius 1 is 1.12 bits per heavy atom. The normalized spacial score (nSPS) is 44.1. The maximum absolute atomic E-state index is 3.86. The van der Waals surface area contributed by atoms with E-state index in [9.17, 15) is 0 Å². The van der Waals surface area contributed by atoms with Crippen LogP contribution in [-0.2, 0) is 0 Å². The summed E-state index contributed by atoms with van der Waals surface area (Å²) in [5, 5.41) is 3.86. The van der Waals surface area contributed by atoms with Crippen molar-refractivity contribution >= 4 is 0 Å². The predicted octanol–water partition coefficient (Wildman–Crippen LogP) is 2.74. The standard InChI is InChI=1S/C15H30N2/c1-11-5-6-14(7-11)9-16-15-8-13(3)17(4)10-12(15)2/h11-16H,5-10H2,1-4H3. The van der Waals surface area contributed by atoms with Crippen LogP contribution in [0.1, 0.15) is 46.5 Å². The zero-order valence-electron chi connectivity index (χ0n) is 12.1. The van der Waals surface area contributed by atoms with Crippen molar-refractivity contribution in [2.24, 2.45) is 17.8 Å². The summed E-state index contributed by atoms with van der Waals surface area (Å²) in [4.78, 5) is 2.50. The molecule has 0 spiro atoms. The lowest BCUT2D eigenvalue weighted by Gasteiger charge is -2.40. The van der Waals surface area contributed by atoms with Crippen LogP contribution in [0, 0.1) is 17.8 Å². The van der Waals surface area contributed by atoms with Gasteiger partial charge in [0.2, 0.25) is 0 Å². The van der Waals surface area contributed by atoms with Crippen molar-refractivity contribution in [3.63, 3.8) is 0 Å². The lowest BCUT2D eigenvalue weighted by Crippen LogP contribution is -2.51. The topological polar surface area (TPSA) is 15.3 Å². The van der Waals surface area contributed by atoms with Crippen LogP contribution >= 0.6 is 0 Å². The van der Waals surface area contributed by atoms with E-state index in [1.165, 1.54) is 38.8 Å². The molecule has 17 heavy (non-hydrogen) atoms. The molecule has 2 nitrogen and oxygen atoms in total. The molecule has 2 rings (SSSR count). The number of hydrogen-bond acceptors (Lipinski definition) is 2. The fourth-order valence-corrected chi connectivity index (χ4v) is 3.65. The molecular weight excluding hydrogens is 208 g/mol. The molecule has 100 valence electrons. The van der Waals surface area contributed by atoms with Crippen molar-refractivity contribution in [3.05, 3.63) is 0 Å². The third-order valence-corrected chi connectivity index (χ3v) is 5.08. The van der Waals surface area contributed by atoms with E-state index in [0.717, 1.165) is 29.8 Å². The van der Waals surface area contributed by atoms with E-state index in [-0.39, 0.29) is 0 Å². The summed E-state index contributed by atoms with van der Waals surface area (Å²) in [5.74, 6) is 2.72. The minimum Gasteiger partial charge on any atom is -0.313 e. The SMILES string of the molecule is CC1CCC(CNC2CC(C)N(C)CC2C)C1. The van der Waals surface area contributed by atoms with Gasteiger partial charge in [0.1, 0.15) is 0 Å². The monoisotopic (exact) mass is 238 g/mol. The van der Waals surface area contributed by atoms with E-state index < -0.39 is 0 Å². The van der Waals surface area contributed by atoms with Gasteiger partial charge in [-0.15, -0.1) is 0 Å². The lowest BCUT2D eigenvalue weighted by atomic mass is 9.89. The molecule has 1 saturated heterocycles. The molecule has 2 heteroatoms. The highest BCUT2D eigenvalue weighted by Crippen LogP contribution is 2.30. The van der Waals surface area contributed by atoms with E-state index in [0.29, 0.717) is 0 Å². The molecule has 0 bridgehead atoms. The van der Waals surface area contributed by atoms with Crippen LogP contribution < -0.4 is 5.32 Å².